The van der Waals surface area contributed by atoms with E-state index in [1.807, 2.05) is 5.83 Å². The van der Waals surface area contributed by atoms with Gasteiger partial charge in [-0.25, -0.2) is 0 Å². The average molecular weight is 200 g/mol. The molecule has 0 aliphatic carbocycles. The molecule has 0 heterocycles. The van der Waals surface area contributed by atoms with Gasteiger partial charge in [-0.15, -0.1) is 17.6 Å². The van der Waals surface area contributed by atoms with Gasteiger partial charge in [0, 0.05) is 0 Å². The van der Waals surface area contributed by atoms with E-state index in [0.717, 1.165) is 0 Å². The van der Waals surface area contributed by atoms with Crippen molar-refractivity contribution in [2.75, 3.05) is 5.83 Å². The van der Waals surface area contributed by atoms with Crippen molar-refractivity contribution < 1.29 is 17.6 Å². The summed E-state index contributed by atoms with van der Waals surface area (Å²) in [5, 5.41) is 0. The molecule has 8 heavy (non-hydrogen) atoms. The minimum absolute atomic E-state index is 0. The van der Waals surface area contributed by atoms with Crippen molar-refractivity contribution >= 4 is 15.9 Å². The molecule has 0 saturated heterocycles. The number of alkyl halides is 5. The smallest absolute Gasteiger partial charge is 0.344 e. The molecule has 0 atom stereocenters. The third kappa shape index (κ3) is 6410. The molecule has 0 aromatic rings. The Bertz CT molecular complexity index is 29.5. The normalized spacial score (nSPS) is 8.25. The highest BCUT2D eigenvalue weighted by Crippen LogP contribution is 2.13. The van der Waals surface area contributed by atoms with Crippen molar-refractivity contribution in [1.29, 1.82) is 0 Å². The van der Waals surface area contributed by atoms with Gasteiger partial charge >= 0.3 is 6.43 Å². The lowest BCUT2D eigenvalue weighted by Gasteiger charge is -1.82. The van der Waals surface area contributed by atoms with E-state index in [1.165, 1.54) is 0 Å². The van der Waals surface area contributed by atoms with Crippen LogP contribution in [0, 0.1) is 0 Å². The van der Waals surface area contributed by atoms with E-state index < -0.39 is 6.43 Å². The summed E-state index contributed by atoms with van der Waals surface area (Å²) < 4.78 is 38.8. The maximum atomic E-state index is 9.69. The van der Waals surface area contributed by atoms with Crippen LogP contribution in [-0.4, -0.2) is 12.3 Å². The van der Waals surface area contributed by atoms with Gasteiger partial charge in [0.25, 0.3) is 0 Å². The van der Waals surface area contributed by atoms with Crippen molar-refractivity contribution in [3.05, 3.63) is 0 Å². The summed E-state index contributed by atoms with van der Waals surface area (Å²) in [6.45, 7) is 0. The minimum atomic E-state index is -5.50. The molecule has 0 spiro atoms. The molecule has 3 N–H and O–H groups in total. The fourth-order valence-electron chi connectivity index (χ4n) is 0. The molecular weight excluding hydrogens is 194 g/mol. The quantitative estimate of drug-likeness (QED) is 0.473. The molecule has 0 radical (unpaired) electrons. The van der Waals surface area contributed by atoms with Crippen LogP contribution in [-0.2, 0) is 0 Å². The zero-order valence-electron chi connectivity index (χ0n) is 4.10. The highest BCUT2D eigenvalue weighted by Gasteiger charge is 2.24. The second-order valence-electron chi connectivity index (χ2n) is 0.429. The van der Waals surface area contributed by atoms with Crippen molar-refractivity contribution in [2.45, 2.75) is 6.43 Å². The average Bonchev–Trinajstić information content (AvgIpc) is 1.36. The monoisotopic (exact) mass is 199 g/mol. The summed E-state index contributed by atoms with van der Waals surface area (Å²) in [5.74, 6) is 1.81. The maximum absolute atomic E-state index is 9.69. The molecule has 6 heteroatoms. The minimum Gasteiger partial charge on any atom is -0.344 e. The van der Waals surface area contributed by atoms with Crippen LogP contribution >= 0.6 is 15.9 Å². The lowest BCUT2D eigenvalue weighted by molar-refractivity contribution is -0.237. The fourth-order valence-corrected chi connectivity index (χ4v) is 0. The van der Waals surface area contributed by atoms with Gasteiger partial charge < -0.3 is 6.15 Å². The Morgan fingerprint density at radius 1 is 1.00 bits per heavy atom. The highest BCUT2D eigenvalue weighted by molar-refractivity contribution is 9.08. The summed E-state index contributed by atoms with van der Waals surface area (Å²) in [5.41, 5.74) is 0. The zero-order chi connectivity index (χ0) is 6.50. The number of rotatable bonds is 0. The number of halogens is 5. The summed E-state index contributed by atoms with van der Waals surface area (Å²) in [4.78, 5) is 0. The molecule has 0 aliphatic rings. The largest absolute Gasteiger partial charge is 0.559 e. The van der Waals surface area contributed by atoms with Crippen LogP contribution in [0.1, 0.15) is 0 Å². The Morgan fingerprint density at radius 2 is 1.00 bits per heavy atom. The fraction of sp³-hybridized carbons (Fsp3) is 1.00. The molecule has 0 bridgehead atoms. The van der Waals surface area contributed by atoms with Gasteiger partial charge in [0.2, 0.25) is 0 Å². The second-order valence-corrected chi connectivity index (χ2v) is 0.429. The SMILES string of the molecule is CBr.FC(F)(F)F.N. The maximum Gasteiger partial charge on any atom is 0.559 e. The predicted molar refractivity (Wildman–Crippen MR) is 27.0 cm³/mol. The second kappa shape index (κ2) is 7.16. The predicted octanol–water partition coefficient (Wildman–Crippen LogP) is 2.65. The van der Waals surface area contributed by atoms with Crippen molar-refractivity contribution in [3.63, 3.8) is 0 Å². The Kier molecular flexibility index (Phi) is 14.1. The molecule has 0 aromatic carbocycles. The molecule has 0 unspecified atom stereocenters. The van der Waals surface area contributed by atoms with Crippen LogP contribution in [0.5, 0.6) is 0 Å². The van der Waals surface area contributed by atoms with E-state index in [4.69, 9.17) is 0 Å². The standard InChI is InChI=1S/CH3Br.CF4.H3N/c1-2;2-1(3,4)5;/h1H3;;1H3. The van der Waals surface area contributed by atoms with E-state index >= 15 is 0 Å². The lowest BCUT2D eigenvalue weighted by Crippen LogP contribution is -1.92. The van der Waals surface area contributed by atoms with Gasteiger partial charge in [0.05, 0.1) is 0 Å². The first-order valence-electron chi connectivity index (χ1n) is 1.13. The molecule has 0 fully saturated rings. The third-order valence-electron chi connectivity index (χ3n) is 0. The Morgan fingerprint density at radius 3 is 1.00 bits per heavy atom. The summed E-state index contributed by atoms with van der Waals surface area (Å²) in [6.07, 6.45) is -5.50. The molecule has 0 aliphatic heterocycles. The molecular formula is C2H6BrF4N. The Labute approximate surface area is 52.8 Å². The van der Waals surface area contributed by atoms with Crippen LogP contribution in [0.25, 0.3) is 0 Å². The molecule has 0 saturated carbocycles. The van der Waals surface area contributed by atoms with Crippen LogP contribution in [0.4, 0.5) is 17.6 Å². The molecule has 0 rings (SSSR count). The van der Waals surface area contributed by atoms with Crippen molar-refractivity contribution in [1.82, 2.24) is 6.15 Å². The van der Waals surface area contributed by atoms with E-state index in [9.17, 15) is 17.6 Å². The summed E-state index contributed by atoms with van der Waals surface area (Å²) >= 11 is 2.94. The van der Waals surface area contributed by atoms with Crippen molar-refractivity contribution in [3.8, 4) is 0 Å². The highest BCUT2D eigenvalue weighted by atomic mass is 79.9. The first-order chi connectivity index (χ1) is 3.00. The van der Waals surface area contributed by atoms with Crippen LogP contribution < -0.4 is 6.15 Å². The first-order valence-corrected chi connectivity index (χ1v) is 2.72. The summed E-state index contributed by atoms with van der Waals surface area (Å²) in [6, 6.07) is 0. The Balaban J connectivity index is -0.0000000750. The lowest BCUT2D eigenvalue weighted by atomic mass is 11.5. The van der Waals surface area contributed by atoms with Gasteiger partial charge in [0.15, 0.2) is 0 Å². The van der Waals surface area contributed by atoms with Gasteiger partial charge in [-0.3, -0.25) is 0 Å². The molecule has 54 valence electrons. The summed E-state index contributed by atoms with van der Waals surface area (Å²) in [7, 11) is 0. The first kappa shape index (κ1) is 15.7. The van der Waals surface area contributed by atoms with Crippen LogP contribution in [0.15, 0.2) is 0 Å². The number of hydrogen-bond donors (Lipinski definition) is 1. The Hall–Kier alpha value is 0.160. The third-order valence-corrected chi connectivity index (χ3v) is 0. The molecule has 1 nitrogen and oxygen atoms in total. The van der Waals surface area contributed by atoms with Gasteiger partial charge in [-0.2, -0.15) is 0 Å². The van der Waals surface area contributed by atoms with Gasteiger partial charge in [-0.1, -0.05) is 15.9 Å². The molecule has 0 aromatic heterocycles. The van der Waals surface area contributed by atoms with E-state index in [2.05, 4.69) is 15.9 Å². The van der Waals surface area contributed by atoms with E-state index in [-0.39, 0.29) is 6.15 Å². The van der Waals surface area contributed by atoms with Crippen molar-refractivity contribution in [2.24, 2.45) is 0 Å². The van der Waals surface area contributed by atoms with Gasteiger partial charge in [0.1, 0.15) is 0 Å². The zero-order valence-corrected chi connectivity index (χ0v) is 5.68. The topological polar surface area (TPSA) is 35.0 Å². The van der Waals surface area contributed by atoms with Crippen LogP contribution in [0.2, 0.25) is 0 Å². The van der Waals surface area contributed by atoms with E-state index in [0.29, 0.717) is 0 Å². The van der Waals surface area contributed by atoms with Gasteiger partial charge in [-0.05, 0) is 5.83 Å². The van der Waals surface area contributed by atoms with Crippen LogP contribution in [0.3, 0.4) is 0 Å². The van der Waals surface area contributed by atoms with E-state index in [1.54, 1.807) is 0 Å². The number of hydrogen-bond acceptors (Lipinski definition) is 1. The molecule has 0 amide bonds.